The third-order valence-corrected chi connectivity index (χ3v) is 3.72. The number of anilines is 1. The maximum Gasteiger partial charge on any atom is 0.255 e. The van der Waals surface area contributed by atoms with Gasteiger partial charge in [0.2, 0.25) is 0 Å². The Balaban J connectivity index is 2.15. The Kier molecular flexibility index (Phi) is 4.35. The number of carbonyl (C=O) groups is 2. The fourth-order valence-corrected chi connectivity index (χ4v) is 1.91. The lowest BCUT2D eigenvalue weighted by atomic mass is 10.2. The van der Waals surface area contributed by atoms with Crippen molar-refractivity contribution in [2.24, 2.45) is 0 Å². The number of carbonyl (C=O) groups excluding carboxylic acids is 2. The van der Waals surface area contributed by atoms with Gasteiger partial charge in [0.1, 0.15) is 6.29 Å². The first-order valence-corrected chi connectivity index (χ1v) is 6.59. The zero-order valence-corrected chi connectivity index (χ0v) is 12.0. The lowest BCUT2D eigenvalue weighted by Gasteiger charge is -2.06. The smallest absolute Gasteiger partial charge is 0.255 e. The standard InChI is InChI=1S/C14H9BrClNO2/c15-12-6-3-10(7-13(12)16)14(19)17-11-4-1-9(8-18)2-5-11/h1-8H,(H,17,19). The minimum Gasteiger partial charge on any atom is -0.322 e. The minimum absolute atomic E-state index is 0.256. The third-order valence-electron chi connectivity index (χ3n) is 2.49. The highest BCUT2D eigenvalue weighted by molar-refractivity contribution is 9.10. The van der Waals surface area contributed by atoms with Crippen LogP contribution in [0.25, 0.3) is 0 Å². The third kappa shape index (κ3) is 3.43. The van der Waals surface area contributed by atoms with Crippen molar-refractivity contribution in [3.8, 4) is 0 Å². The van der Waals surface area contributed by atoms with E-state index in [1.807, 2.05) is 0 Å². The summed E-state index contributed by atoms with van der Waals surface area (Å²) in [5, 5.41) is 3.20. The van der Waals surface area contributed by atoms with Crippen LogP contribution in [0.4, 0.5) is 5.69 Å². The Morgan fingerprint density at radius 1 is 1.16 bits per heavy atom. The second-order valence-electron chi connectivity index (χ2n) is 3.82. The lowest BCUT2D eigenvalue weighted by molar-refractivity contribution is 0.102. The summed E-state index contributed by atoms with van der Waals surface area (Å²) >= 11 is 9.20. The summed E-state index contributed by atoms with van der Waals surface area (Å²) in [5.74, 6) is -0.256. The number of hydrogen-bond acceptors (Lipinski definition) is 2. The molecule has 19 heavy (non-hydrogen) atoms. The molecule has 0 bridgehead atoms. The molecule has 0 aliphatic carbocycles. The zero-order chi connectivity index (χ0) is 13.8. The van der Waals surface area contributed by atoms with Gasteiger partial charge in [-0.05, 0) is 58.4 Å². The van der Waals surface area contributed by atoms with Crippen LogP contribution in [0.1, 0.15) is 20.7 Å². The molecule has 0 aliphatic heterocycles. The predicted molar refractivity (Wildman–Crippen MR) is 78.9 cm³/mol. The van der Waals surface area contributed by atoms with Crippen LogP contribution in [0, 0.1) is 0 Å². The number of nitrogens with one attached hydrogen (secondary N) is 1. The van der Waals surface area contributed by atoms with E-state index >= 15 is 0 Å². The number of halogens is 2. The van der Waals surface area contributed by atoms with Gasteiger partial charge in [0.05, 0.1) is 5.02 Å². The molecule has 0 heterocycles. The fraction of sp³-hybridized carbons (Fsp3) is 0. The van der Waals surface area contributed by atoms with Crippen LogP contribution in [0.5, 0.6) is 0 Å². The molecule has 2 aromatic carbocycles. The van der Waals surface area contributed by atoms with E-state index in [1.54, 1.807) is 42.5 Å². The highest BCUT2D eigenvalue weighted by Gasteiger charge is 2.08. The molecule has 0 radical (unpaired) electrons. The van der Waals surface area contributed by atoms with Crippen molar-refractivity contribution in [2.75, 3.05) is 5.32 Å². The monoisotopic (exact) mass is 337 g/mol. The van der Waals surface area contributed by atoms with Gasteiger partial charge in [0.15, 0.2) is 0 Å². The molecule has 0 aromatic heterocycles. The minimum atomic E-state index is -0.256. The van der Waals surface area contributed by atoms with Gasteiger partial charge >= 0.3 is 0 Å². The summed E-state index contributed by atoms with van der Waals surface area (Å²) in [6.07, 6.45) is 0.750. The normalized spacial score (nSPS) is 10.0. The van der Waals surface area contributed by atoms with Crippen molar-refractivity contribution in [3.63, 3.8) is 0 Å². The second-order valence-corrected chi connectivity index (χ2v) is 5.08. The van der Waals surface area contributed by atoms with E-state index in [-0.39, 0.29) is 5.91 Å². The van der Waals surface area contributed by atoms with E-state index in [0.29, 0.717) is 21.8 Å². The Labute approximate surface area is 123 Å². The zero-order valence-electron chi connectivity index (χ0n) is 9.69. The Morgan fingerprint density at radius 2 is 1.84 bits per heavy atom. The summed E-state index contributed by atoms with van der Waals surface area (Å²) in [7, 11) is 0. The molecule has 2 rings (SSSR count). The van der Waals surface area contributed by atoms with Gasteiger partial charge in [0, 0.05) is 21.3 Å². The summed E-state index contributed by atoms with van der Waals surface area (Å²) in [5.41, 5.74) is 1.65. The Hall–Kier alpha value is -1.65. The summed E-state index contributed by atoms with van der Waals surface area (Å²) in [4.78, 5) is 22.5. The molecule has 0 spiro atoms. The van der Waals surface area contributed by atoms with Gasteiger partial charge in [-0.3, -0.25) is 9.59 Å². The van der Waals surface area contributed by atoms with Crippen LogP contribution in [0.3, 0.4) is 0 Å². The number of rotatable bonds is 3. The van der Waals surface area contributed by atoms with Gasteiger partial charge in [-0.2, -0.15) is 0 Å². The molecule has 1 N–H and O–H groups in total. The van der Waals surface area contributed by atoms with Gasteiger partial charge in [-0.25, -0.2) is 0 Å². The highest BCUT2D eigenvalue weighted by Crippen LogP contribution is 2.23. The van der Waals surface area contributed by atoms with Crippen LogP contribution in [-0.4, -0.2) is 12.2 Å². The van der Waals surface area contributed by atoms with Crippen molar-refractivity contribution in [2.45, 2.75) is 0 Å². The van der Waals surface area contributed by atoms with Crippen molar-refractivity contribution >= 4 is 45.4 Å². The molecule has 0 atom stereocenters. The van der Waals surface area contributed by atoms with Crippen LogP contribution >= 0.6 is 27.5 Å². The molecule has 2 aromatic rings. The van der Waals surface area contributed by atoms with E-state index in [4.69, 9.17) is 11.6 Å². The summed E-state index contributed by atoms with van der Waals surface area (Å²) in [6, 6.07) is 11.6. The maximum absolute atomic E-state index is 12.0. The van der Waals surface area contributed by atoms with Gasteiger partial charge < -0.3 is 5.32 Å². The molecular weight excluding hydrogens is 330 g/mol. The largest absolute Gasteiger partial charge is 0.322 e. The summed E-state index contributed by atoms with van der Waals surface area (Å²) in [6.45, 7) is 0. The van der Waals surface area contributed by atoms with Crippen LogP contribution in [0.15, 0.2) is 46.9 Å². The van der Waals surface area contributed by atoms with Gasteiger partial charge in [0.25, 0.3) is 5.91 Å². The van der Waals surface area contributed by atoms with Gasteiger partial charge in [-0.15, -0.1) is 0 Å². The first-order chi connectivity index (χ1) is 9.10. The van der Waals surface area contributed by atoms with Crippen molar-refractivity contribution in [1.82, 2.24) is 0 Å². The highest BCUT2D eigenvalue weighted by atomic mass is 79.9. The lowest BCUT2D eigenvalue weighted by Crippen LogP contribution is -2.11. The molecule has 5 heteroatoms. The van der Waals surface area contributed by atoms with Crippen molar-refractivity contribution < 1.29 is 9.59 Å². The summed E-state index contributed by atoms with van der Waals surface area (Å²) < 4.78 is 0.737. The van der Waals surface area contributed by atoms with Crippen molar-refractivity contribution in [1.29, 1.82) is 0 Å². The van der Waals surface area contributed by atoms with E-state index < -0.39 is 0 Å². The number of hydrogen-bond donors (Lipinski definition) is 1. The molecule has 96 valence electrons. The van der Waals surface area contributed by atoms with Crippen molar-refractivity contribution in [3.05, 3.63) is 63.1 Å². The predicted octanol–water partition coefficient (Wildman–Crippen LogP) is 4.17. The molecule has 0 saturated carbocycles. The molecule has 0 unspecified atom stereocenters. The number of amides is 1. The first-order valence-electron chi connectivity index (χ1n) is 5.42. The average Bonchev–Trinajstić information content (AvgIpc) is 2.42. The van der Waals surface area contributed by atoms with Crippen LogP contribution in [0.2, 0.25) is 5.02 Å². The maximum atomic E-state index is 12.0. The van der Waals surface area contributed by atoms with Gasteiger partial charge in [-0.1, -0.05) is 11.6 Å². The fourth-order valence-electron chi connectivity index (χ4n) is 1.49. The SMILES string of the molecule is O=Cc1ccc(NC(=O)c2ccc(Br)c(Cl)c2)cc1. The van der Waals surface area contributed by atoms with E-state index in [0.717, 1.165) is 10.8 Å². The Bertz CT molecular complexity index is 626. The quantitative estimate of drug-likeness (QED) is 0.854. The number of aldehydes is 1. The molecular formula is C14H9BrClNO2. The molecule has 0 fully saturated rings. The van der Waals surface area contributed by atoms with Crippen LogP contribution in [-0.2, 0) is 0 Å². The van der Waals surface area contributed by atoms with E-state index in [9.17, 15) is 9.59 Å². The van der Waals surface area contributed by atoms with E-state index in [2.05, 4.69) is 21.2 Å². The first kappa shape index (κ1) is 13.8. The number of benzene rings is 2. The van der Waals surface area contributed by atoms with E-state index in [1.165, 1.54) is 0 Å². The molecule has 1 amide bonds. The Morgan fingerprint density at radius 3 is 2.42 bits per heavy atom. The molecule has 0 saturated heterocycles. The average molecular weight is 339 g/mol. The molecule has 3 nitrogen and oxygen atoms in total. The van der Waals surface area contributed by atoms with Crippen LogP contribution < -0.4 is 5.32 Å². The molecule has 0 aliphatic rings. The topological polar surface area (TPSA) is 46.2 Å². The second kappa shape index (κ2) is 5.99.